The van der Waals surface area contributed by atoms with Crippen LogP contribution in [0.4, 0.5) is 4.39 Å². The summed E-state index contributed by atoms with van der Waals surface area (Å²) in [6.45, 7) is 5.61. The fourth-order valence-corrected chi connectivity index (χ4v) is 3.05. The summed E-state index contributed by atoms with van der Waals surface area (Å²) >= 11 is 0. The van der Waals surface area contributed by atoms with Crippen molar-refractivity contribution in [2.24, 2.45) is 0 Å². The summed E-state index contributed by atoms with van der Waals surface area (Å²) < 4.78 is 16.0. The molecular formula is C19H25FN2O. The molecule has 1 saturated carbocycles. The third-order valence-electron chi connectivity index (χ3n) is 4.71. The Hall–Kier alpha value is -1.65. The van der Waals surface area contributed by atoms with Crippen LogP contribution in [0.2, 0.25) is 0 Å². The van der Waals surface area contributed by atoms with E-state index in [1.165, 1.54) is 18.9 Å². The van der Waals surface area contributed by atoms with Crippen molar-refractivity contribution in [1.29, 1.82) is 0 Å². The normalized spacial score (nSPS) is 15.3. The SMILES string of the molecule is CC(C)(CO)N(Cc1cccn1Cc1ccccc1F)C1CC1. The van der Waals surface area contributed by atoms with Crippen molar-refractivity contribution in [2.75, 3.05) is 6.61 Å². The van der Waals surface area contributed by atoms with E-state index in [2.05, 4.69) is 29.4 Å². The number of benzene rings is 1. The first-order valence-electron chi connectivity index (χ1n) is 8.26. The van der Waals surface area contributed by atoms with Gasteiger partial charge < -0.3 is 9.67 Å². The number of aliphatic hydroxyl groups excluding tert-OH is 1. The van der Waals surface area contributed by atoms with E-state index in [4.69, 9.17) is 0 Å². The van der Waals surface area contributed by atoms with Crippen LogP contribution in [-0.2, 0) is 13.1 Å². The molecule has 0 bridgehead atoms. The minimum Gasteiger partial charge on any atom is -0.394 e. The van der Waals surface area contributed by atoms with Gasteiger partial charge in [0.25, 0.3) is 0 Å². The van der Waals surface area contributed by atoms with Gasteiger partial charge in [-0.25, -0.2) is 4.39 Å². The van der Waals surface area contributed by atoms with Gasteiger partial charge in [0, 0.05) is 35.6 Å². The van der Waals surface area contributed by atoms with Crippen molar-refractivity contribution in [3.05, 3.63) is 59.7 Å². The molecule has 1 N–H and O–H groups in total. The quantitative estimate of drug-likeness (QED) is 0.848. The predicted molar refractivity (Wildman–Crippen MR) is 89.7 cm³/mol. The minimum absolute atomic E-state index is 0.136. The van der Waals surface area contributed by atoms with Crippen LogP contribution in [-0.4, -0.2) is 32.8 Å². The maximum Gasteiger partial charge on any atom is 0.128 e. The van der Waals surface area contributed by atoms with E-state index in [1.54, 1.807) is 6.07 Å². The summed E-state index contributed by atoms with van der Waals surface area (Å²) in [6, 6.07) is 11.6. The van der Waals surface area contributed by atoms with Crippen LogP contribution in [0.1, 0.15) is 37.9 Å². The highest BCUT2D eigenvalue weighted by Crippen LogP contribution is 2.34. The third-order valence-corrected chi connectivity index (χ3v) is 4.71. The molecule has 0 spiro atoms. The molecule has 0 saturated heterocycles. The Kier molecular flexibility index (Phi) is 4.55. The zero-order valence-electron chi connectivity index (χ0n) is 13.9. The molecule has 23 heavy (non-hydrogen) atoms. The second kappa shape index (κ2) is 6.46. The molecule has 3 nitrogen and oxygen atoms in total. The van der Waals surface area contributed by atoms with Gasteiger partial charge in [-0.1, -0.05) is 18.2 Å². The van der Waals surface area contributed by atoms with Gasteiger partial charge in [-0.15, -0.1) is 0 Å². The first-order chi connectivity index (χ1) is 11.0. The second-order valence-corrected chi connectivity index (χ2v) is 7.05. The minimum atomic E-state index is -0.242. The summed E-state index contributed by atoms with van der Waals surface area (Å²) in [6.07, 6.45) is 4.38. The molecule has 1 aliphatic rings. The molecule has 0 radical (unpaired) electrons. The maximum absolute atomic E-state index is 13.9. The number of hydrogen-bond donors (Lipinski definition) is 1. The Morgan fingerprint density at radius 2 is 1.96 bits per heavy atom. The van der Waals surface area contributed by atoms with E-state index in [-0.39, 0.29) is 18.0 Å². The summed E-state index contributed by atoms with van der Waals surface area (Å²) in [5.41, 5.74) is 1.61. The van der Waals surface area contributed by atoms with E-state index in [1.807, 2.05) is 24.4 Å². The number of hydrogen-bond acceptors (Lipinski definition) is 2. The van der Waals surface area contributed by atoms with E-state index in [0.29, 0.717) is 18.2 Å². The summed E-state index contributed by atoms with van der Waals surface area (Å²) in [4.78, 5) is 2.38. The largest absolute Gasteiger partial charge is 0.394 e. The molecule has 4 heteroatoms. The Morgan fingerprint density at radius 3 is 2.61 bits per heavy atom. The Balaban J connectivity index is 1.79. The van der Waals surface area contributed by atoms with Crippen molar-refractivity contribution in [1.82, 2.24) is 9.47 Å². The van der Waals surface area contributed by atoms with Crippen molar-refractivity contribution >= 4 is 0 Å². The lowest BCUT2D eigenvalue weighted by atomic mass is 10.0. The lowest BCUT2D eigenvalue weighted by molar-refractivity contribution is 0.0419. The zero-order chi connectivity index (χ0) is 16.4. The number of halogens is 1. The van der Waals surface area contributed by atoms with Crippen LogP contribution in [0, 0.1) is 5.82 Å². The molecule has 0 amide bonds. The van der Waals surface area contributed by atoms with Gasteiger partial charge in [0.05, 0.1) is 13.2 Å². The predicted octanol–water partition coefficient (Wildman–Crippen LogP) is 3.41. The summed E-state index contributed by atoms with van der Waals surface area (Å²) in [5, 5.41) is 9.71. The summed E-state index contributed by atoms with van der Waals surface area (Å²) in [7, 11) is 0. The fourth-order valence-electron chi connectivity index (χ4n) is 3.05. The standard InChI is InChI=1S/C19H25FN2O/c1-19(2,14-23)22(16-9-10-16)13-17-7-5-11-21(17)12-15-6-3-4-8-18(15)20/h3-8,11,16,23H,9-10,12-14H2,1-2H3. The first-order valence-corrected chi connectivity index (χ1v) is 8.26. The maximum atomic E-state index is 13.9. The second-order valence-electron chi connectivity index (χ2n) is 7.05. The molecular weight excluding hydrogens is 291 g/mol. The highest BCUT2D eigenvalue weighted by molar-refractivity contribution is 5.20. The lowest BCUT2D eigenvalue weighted by Gasteiger charge is -2.37. The Bertz CT molecular complexity index is 661. The van der Waals surface area contributed by atoms with Crippen molar-refractivity contribution in [2.45, 2.75) is 51.4 Å². The van der Waals surface area contributed by atoms with Crippen LogP contribution >= 0.6 is 0 Å². The Labute approximate surface area is 137 Å². The average molecular weight is 316 g/mol. The monoisotopic (exact) mass is 316 g/mol. The van der Waals surface area contributed by atoms with E-state index < -0.39 is 0 Å². The smallest absolute Gasteiger partial charge is 0.128 e. The molecule has 0 atom stereocenters. The fraction of sp³-hybridized carbons (Fsp3) is 0.474. The van der Waals surface area contributed by atoms with Crippen LogP contribution in [0.5, 0.6) is 0 Å². The molecule has 0 aliphatic heterocycles. The van der Waals surface area contributed by atoms with Gasteiger partial charge in [-0.3, -0.25) is 4.90 Å². The molecule has 3 rings (SSSR count). The zero-order valence-corrected chi connectivity index (χ0v) is 13.9. The van der Waals surface area contributed by atoms with Gasteiger partial charge in [0.1, 0.15) is 5.82 Å². The Morgan fingerprint density at radius 1 is 1.22 bits per heavy atom. The van der Waals surface area contributed by atoms with Crippen molar-refractivity contribution < 1.29 is 9.50 Å². The van der Waals surface area contributed by atoms with Crippen LogP contribution in [0.15, 0.2) is 42.6 Å². The van der Waals surface area contributed by atoms with Gasteiger partial charge in [0.15, 0.2) is 0 Å². The van der Waals surface area contributed by atoms with Crippen molar-refractivity contribution in [3.8, 4) is 0 Å². The first kappa shape index (κ1) is 16.2. The number of aromatic nitrogens is 1. The van der Waals surface area contributed by atoms with Crippen LogP contribution < -0.4 is 0 Å². The van der Waals surface area contributed by atoms with Crippen LogP contribution in [0.25, 0.3) is 0 Å². The van der Waals surface area contributed by atoms with Crippen LogP contribution in [0.3, 0.4) is 0 Å². The highest BCUT2D eigenvalue weighted by Gasteiger charge is 2.38. The molecule has 1 aliphatic carbocycles. The number of aliphatic hydroxyl groups is 1. The lowest BCUT2D eigenvalue weighted by Crippen LogP contribution is -2.47. The van der Waals surface area contributed by atoms with Gasteiger partial charge in [-0.05, 0) is 44.9 Å². The molecule has 1 aromatic carbocycles. The van der Waals surface area contributed by atoms with Gasteiger partial charge in [-0.2, -0.15) is 0 Å². The molecule has 0 unspecified atom stereocenters. The van der Waals surface area contributed by atoms with Crippen molar-refractivity contribution in [3.63, 3.8) is 0 Å². The highest BCUT2D eigenvalue weighted by atomic mass is 19.1. The number of nitrogens with zero attached hydrogens (tertiary/aromatic N) is 2. The average Bonchev–Trinajstić information content (AvgIpc) is 3.28. The molecule has 124 valence electrons. The molecule has 1 fully saturated rings. The molecule has 1 aromatic heterocycles. The third kappa shape index (κ3) is 3.65. The van der Waals surface area contributed by atoms with E-state index >= 15 is 0 Å². The molecule has 2 aromatic rings. The molecule has 1 heterocycles. The topological polar surface area (TPSA) is 28.4 Å². The van der Waals surface area contributed by atoms with E-state index in [0.717, 1.165) is 12.2 Å². The van der Waals surface area contributed by atoms with Gasteiger partial charge >= 0.3 is 0 Å². The number of rotatable bonds is 7. The summed E-state index contributed by atoms with van der Waals surface area (Å²) in [5.74, 6) is -0.165. The van der Waals surface area contributed by atoms with E-state index in [9.17, 15) is 9.50 Å². The van der Waals surface area contributed by atoms with Gasteiger partial charge in [0.2, 0.25) is 0 Å².